The van der Waals surface area contributed by atoms with Crippen LogP contribution in [-0.4, -0.2) is 37.9 Å². The number of fused-ring (bicyclic) bond motifs is 1. The van der Waals surface area contributed by atoms with Crippen LogP contribution in [0.5, 0.6) is 0 Å². The molecule has 1 N–H and O–H groups in total. The van der Waals surface area contributed by atoms with E-state index in [2.05, 4.69) is 11.3 Å². The number of nitrogens with one attached hydrogen (secondary N) is 1. The maximum absolute atomic E-state index is 12.5. The summed E-state index contributed by atoms with van der Waals surface area (Å²) in [5.41, 5.74) is 2.20. The van der Waals surface area contributed by atoms with Crippen LogP contribution in [0.4, 0.5) is 0 Å². The van der Waals surface area contributed by atoms with Crippen LogP contribution in [0.25, 0.3) is 10.8 Å². The van der Waals surface area contributed by atoms with Gasteiger partial charge in [0.25, 0.3) is 0 Å². The Hall–Kier alpha value is -3.23. The molecule has 0 radical (unpaired) electrons. The molecule has 0 fully saturated rings. The van der Waals surface area contributed by atoms with Gasteiger partial charge in [-0.3, -0.25) is 9.59 Å². The number of rotatable bonds is 10. The Morgan fingerprint density at radius 1 is 1.09 bits per heavy atom. The quantitative estimate of drug-likeness (QED) is 0.287. The molecule has 1 aromatic heterocycles. The minimum Gasteiger partial charge on any atom is -0.457 e. The van der Waals surface area contributed by atoms with E-state index in [0.717, 1.165) is 22.2 Å². The highest BCUT2D eigenvalue weighted by Gasteiger charge is 2.18. The highest BCUT2D eigenvalue weighted by Crippen LogP contribution is 2.19. The summed E-state index contributed by atoms with van der Waals surface area (Å²) in [6.45, 7) is 7.48. The third kappa shape index (κ3) is 5.33. The zero-order chi connectivity index (χ0) is 23.3. The lowest BCUT2D eigenvalue weighted by molar-refractivity contribution is -0.142. The number of Topliss-reactive ketones (excluding diaryl/α,β-unsaturated/α-hetero) is 1. The van der Waals surface area contributed by atoms with Crippen molar-refractivity contribution >= 4 is 32.5 Å². The van der Waals surface area contributed by atoms with E-state index in [-0.39, 0.29) is 23.6 Å². The van der Waals surface area contributed by atoms with Gasteiger partial charge in [-0.2, -0.15) is 0 Å². The molecule has 32 heavy (non-hydrogen) atoms. The second-order valence-corrected chi connectivity index (χ2v) is 9.19. The first kappa shape index (κ1) is 23.4. The van der Waals surface area contributed by atoms with Crippen LogP contribution >= 0.6 is 0 Å². The number of hydrogen-bond acceptors (Lipinski definition) is 5. The first-order chi connectivity index (χ1) is 15.2. The monoisotopic (exact) mass is 454 g/mol. The largest absolute Gasteiger partial charge is 0.457 e. The molecule has 0 saturated carbocycles. The fourth-order valence-electron chi connectivity index (χ4n) is 3.49. The lowest BCUT2D eigenvalue weighted by atomic mass is 10.1. The van der Waals surface area contributed by atoms with Crippen molar-refractivity contribution in [2.75, 3.05) is 13.2 Å². The molecule has 0 bridgehead atoms. The van der Waals surface area contributed by atoms with Gasteiger partial charge in [-0.1, -0.05) is 36.4 Å². The molecule has 0 aliphatic rings. The van der Waals surface area contributed by atoms with Crippen molar-refractivity contribution in [1.82, 2.24) is 9.29 Å². The van der Waals surface area contributed by atoms with E-state index in [4.69, 9.17) is 4.74 Å². The number of esters is 1. The number of sulfonamides is 1. The van der Waals surface area contributed by atoms with Gasteiger partial charge >= 0.3 is 5.97 Å². The molecular weight excluding hydrogens is 428 g/mol. The number of hydrogen-bond donors (Lipinski definition) is 1. The molecule has 0 amide bonds. The molecule has 0 aliphatic carbocycles. The highest BCUT2D eigenvalue weighted by atomic mass is 32.2. The smallest absolute Gasteiger partial charge is 0.307 e. The lowest BCUT2D eigenvalue weighted by Crippen LogP contribution is -2.27. The van der Waals surface area contributed by atoms with Crippen LogP contribution < -0.4 is 4.72 Å². The molecule has 7 nitrogen and oxygen atoms in total. The van der Waals surface area contributed by atoms with E-state index in [0.29, 0.717) is 12.1 Å². The molecule has 168 valence electrons. The van der Waals surface area contributed by atoms with Crippen LogP contribution in [-0.2, 0) is 26.1 Å². The number of ketones is 1. The lowest BCUT2D eigenvalue weighted by Gasteiger charge is -2.08. The Morgan fingerprint density at radius 3 is 2.53 bits per heavy atom. The first-order valence-corrected chi connectivity index (χ1v) is 11.7. The molecule has 0 unspecified atom stereocenters. The average Bonchev–Trinajstić information content (AvgIpc) is 3.05. The number of carbonyl (C=O) groups excluding carboxylic acids is 2. The summed E-state index contributed by atoms with van der Waals surface area (Å²) >= 11 is 0. The van der Waals surface area contributed by atoms with Gasteiger partial charge in [0.1, 0.15) is 0 Å². The van der Waals surface area contributed by atoms with Gasteiger partial charge in [0.2, 0.25) is 15.8 Å². The van der Waals surface area contributed by atoms with Crippen LogP contribution in [0.3, 0.4) is 0 Å². The molecule has 0 atom stereocenters. The summed E-state index contributed by atoms with van der Waals surface area (Å²) in [6, 6.07) is 14.0. The third-order valence-electron chi connectivity index (χ3n) is 5.20. The Labute approximate surface area is 187 Å². The topological polar surface area (TPSA) is 94.5 Å². The predicted octanol–water partition coefficient (Wildman–Crippen LogP) is 3.54. The maximum atomic E-state index is 12.5. The van der Waals surface area contributed by atoms with E-state index in [9.17, 15) is 18.0 Å². The second kappa shape index (κ2) is 9.93. The van der Waals surface area contributed by atoms with E-state index in [1.165, 1.54) is 6.07 Å². The van der Waals surface area contributed by atoms with E-state index < -0.39 is 22.6 Å². The fraction of sp³-hybridized carbons (Fsp3) is 0.250. The maximum Gasteiger partial charge on any atom is 0.307 e. The number of benzene rings is 2. The van der Waals surface area contributed by atoms with Gasteiger partial charge in [0.05, 0.1) is 11.3 Å². The summed E-state index contributed by atoms with van der Waals surface area (Å²) in [7, 11) is -3.77. The molecule has 8 heteroatoms. The Morgan fingerprint density at radius 2 is 1.81 bits per heavy atom. The summed E-state index contributed by atoms with van der Waals surface area (Å²) in [5, 5.41) is 1.74. The van der Waals surface area contributed by atoms with E-state index in [1.54, 1.807) is 24.3 Å². The molecule has 0 spiro atoms. The molecule has 0 saturated heterocycles. The first-order valence-electron chi connectivity index (χ1n) is 10.2. The van der Waals surface area contributed by atoms with Crippen molar-refractivity contribution in [3.63, 3.8) is 0 Å². The van der Waals surface area contributed by atoms with Gasteiger partial charge in [0.15, 0.2) is 6.61 Å². The summed E-state index contributed by atoms with van der Waals surface area (Å²) in [5.74, 6) is -0.960. The highest BCUT2D eigenvalue weighted by molar-refractivity contribution is 7.89. The summed E-state index contributed by atoms with van der Waals surface area (Å²) < 4.78 is 34.4. The second-order valence-electron chi connectivity index (χ2n) is 7.42. The minimum absolute atomic E-state index is 0.120. The van der Waals surface area contributed by atoms with E-state index in [1.807, 2.05) is 42.7 Å². The Bertz CT molecular complexity index is 1270. The van der Waals surface area contributed by atoms with Crippen LogP contribution in [0, 0.1) is 13.8 Å². The Kier molecular flexibility index (Phi) is 7.27. The number of carbonyl (C=O) groups is 2. The summed E-state index contributed by atoms with van der Waals surface area (Å²) in [6.07, 6.45) is 1.56. The molecule has 2 aromatic carbocycles. The van der Waals surface area contributed by atoms with Crippen molar-refractivity contribution < 1.29 is 22.7 Å². The zero-order valence-electron chi connectivity index (χ0n) is 18.1. The van der Waals surface area contributed by atoms with Crippen molar-refractivity contribution in [2.24, 2.45) is 0 Å². The predicted molar refractivity (Wildman–Crippen MR) is 123 cm³/mol. The fourth-order valence-corrected chi connectivity index (χ4v) is 4.56. The van der Waals surface area contributed by atoms with Gasteiger partial charge in [-0.15, -0.1) is 6.58 Å². The number of aromatic nitrogens is 1. The van der Waals surface area contributed by atoms with E-state index >= 15 is 0 Å². The minimum atomic E-state index is -3.77. The number of nitrogens with zero attached hydrogens (tertiary/aromatic N) is 1. The normalized spacial score (nSPS) is 11.4. The third-order valence-corrected chi connectivity index (χ3v) is 6.66. The SMILES string of the molecule is C=CCn1c(C)cc(C(=O)COC(=O)CCNS(=O)(=O)c2ccc3ccccc3c2)c1C. The van der Waals surface area contributed by atoms with Gasteiger partial charge in [-0.25, -0.2) is 13.1 Å². The molecule has 0 aliphatic heterocycles. The average molecular weight is 455 g/mol. The zero-order valence-corrected chi connectivity index (χ0v) is 18.9. The van der Waals surface area contributed by atoms with Crippen LogP contribution in [0.2, 0.25) is 0 Å². The standard InChI is InChI=1S/C24H26N2O5S/c1-4-13-26-17(2)14-22(18(26)3)23(27)16-31-24(28)11-12-25-32(29,30)21-10-9-19-7-5-6-8-20(19)15-21/h4-10,14-15,25H,1,11-13,16H2,2-3H3. The molecular formula is C24H26N2O5S. The Balaban J connectivity index is 1.52. The van der Waals surface area contributed by atoms with Crippen molar-refractivity contribution in [2.45, 2.75) is 31.7 Å². The van der Waals surface area contributed by atoms with Gasteiger partial charge in [0, 0.05) is 30.0 Å². The van der Waals surface area contributed by atoms with Crippen LogP contribution in [0.1, 0.15) is 28.2 Å². The van der Waals surface area contributed by atoms with Crippen molar-refractivity contribution in [3.05, 3.63) is 78.1 Å². The van der Waals surface area contributed by atoms with Crippen molar-refractivity contribution in [1.29, 1.82) is 0 Å². The molecule has 1 heterocycles. The molecule has 3 aromatic rings. The number of allylic oxidation sites excluding steroid dienone is 1. The summed E-state index contributed by atoms with van der Waals surface area (Å²) in [4.78, 5) is 24.6. The van der Waals surface area contributed by atoms with Crippen molar-refractivity contribution in [3.8, 4) is 0 Å². The van der Waals surface area contributed by atoms with Gasteiger partial charge in [-0.05, 0) is 42.8 Å². The molecule has 3 rings (SSSR count). The number of aryl methyl sites for hydroxylation is 1. The van der Waals surface area contributed by atoms with Gasteiger partial charge < -0.3 is 9.30 Å². The van der Waals surface area contributed by atoms with Crippen LogP contribution in [0.15, 0.2) is 66.1 Å². The number of ether oxygens (including phenoxy) is 1.